The number of hydrogen-bond donors (Lipinski definition) is 1. The first-order chi connectivity index (χ1) is 7.34. The summed E-state index contributed by atoms with van der Waals surface area (Å²) in [7, 11) is 0.343. The first-order valence-electron chi connectivity index (χ1n) is 4.76. The van der Waals surface area contributed by atoms with Crippen LogP contribution in [0.25, 0.3) is 0 Å². The van der Waals surface area contributed by atoms with E-state index in [2.05, 4.69) is 27.2 Å². The number of nitrogens with zero attached hydrogens (tertiary/aromatic N) is 1. The summed E-state index contributed by atoms with van der Waals surface area (Å²) in [4.78, 5) is 2.15. The van der Waals surface area contributed by atoms with Gasteiger partial charge in [-0.05, 0) is 26.2 Å². The molecule has 0 saturated carbocycles. The predicted molar refractivity (Wildman–Crippen MR) is 69.7 cm³/mol. The minimum absolute atomic E-state index is 0.234. The maximum Gasteiger partial charge on any atom is 0.241 e. The smallest absolute Gasteiger partial charge is 0.241 e. The molecule has 0 aromatic heterocycles. The molecule has 0 aliphatic heterocycles. The quantitative estimate of drug-likeness (QED) is 0.830. The summed E-state index contributed by atoms with van der Waals surface area (Å²) < 4.78 is 27.0. The molecule has 0 atom stereocenters. The maximum absolute atomic E-state index is 11.9. The molecule has 0 unspecified atom stereocenters. The van der Waals surface area contributed by atoms with Gasteiger partial charge >= 0.3 is 0 Å². The fourth-order valence-corrected chi connectivity index (χ4v) is 2.87. The molecule has 1 aliphatic carbocycles. The normalized spacial score (nSPS) is 16.6. The first kappa shape index (κ1) is 13.6. The Hall–Kier alpha value is -0.430. The van der Waals surface area contributed by atoms with Crippen molar-refractivity contribution in [2.75, 3.05) is 27.2 Å². The van der Waals surface area contributed by atoms with Crippen molar-refractivity contribution in [3.05, 3.63) is 33.7 Å². The zero-order valence-electron chi connectivity index (χ0n) is 9.33. The van der Waals surface area contributed by atoms with E-state index in [4.69, 9.17) is 0 Å². The van der Waals surface area contributed by atoms with Gasteiger partial charge in [-0.1, -0.05) is 22.5 Å². The van der Waals surface area contributed by atoms with Crippen LogP contribution in [0.15, 0.2) is 33.7 Å². The Morgan fingerprint density at radius 3 is 2.50 bits per heavy atom. The van der Waals surface area contributed by atoms with Crippen LogP contribution in [0.2, 0.25) is 0 Å². The highest BCUT2D eigenvalue weighted by atomic mass is 79.9. The minimum atomic E-state index is -3.43. The number of nitrogens with one attached hydrogen (secondary N) is 1. The van der Waals surface area contributed by atoms with Crippen LogP contribution in [0, 0.1) is 0 Å². The van der Waals surface area contributed by atoms with Crippen molar-refractivity contribution in [2.45, 2.75) is 0 Å². The molecule has 6 heteroatoms. The molecule has 0 amide bonds. The molecule has 4 nitrogen and oxygen atoms in total. The van der Waals surface area contributed by atoms with Gasteiger partial charge in [-0.2, -0.15) is 0 Å². The van der Waals surface area contributed by atoms with E-state index in [9.17, 15) is 8.42 Å². The van der Waals surface area contributed by atoms with Gasteiger partial charge in [0.05, 0.1) is 4.91 Å². The summed E-state index contributed by atoms with van der Waals surface area (Å²) in [6, 6.07) is 0. The number of sulfonamides is 1. The van der Waals surface area contributed by atoms with Crippen LogP contribution >= 0.6 is 15.9 Å². The van der Waals surface area contributed by atoms with E-state index in [1.807, 2.05) is 19.0 Å². The minimum Gasteiger partial charge on any atom is -0.308 e. The molecule has 0 spiro atoms. The van der Waals surface area contributed by atoms with Crippen LogP contribution in [-0.2, 0) is 10.0 Å². The van der Waals surface area contributed by atoms with E-state index in [1.54, 1.807) is 12.2 Å². The highest BCUT2D eigenvalue weighted by molar-refractivity contribution is 9.12. The largest absolute Gasteiger partial charge is 0.308 e. The fraction of sp³-hybridized carbons (Fsp3) is 0.400. The molecule has 0 aromatic carbocycles. The van der Waals surface area contributed by atoms with Crippen LogP contribution in [-0.4, -0.2) is 40.5 Å². The van der Waals surface area contributed by atoms with Gasteiger partial charge in [0.1, 0.15) is 0 Å². The van der Waals surface area contributed by atoms with Crippen molar-refractivity contribution >= 4 is 26.0 Å². The molecular formula is C10H15BrN2O2S. The summed E-state index contributed by atoms with van der Waals surface area (Å²) >= 11 is 3.24. The predicted octanol–water partition coefficient (Wildman–Crippen LogP) is 1.20. The molecule has 0 radical (unpaired) electrons. The highest BCUT2D eigenvalue weighted by Gasteiger charge is 2.23. The van der Waals surface area contributed by atoms with Crippen LogP contribution in [0.4, 0.5) is 0 Å². The molecule has 16 heavy (non-hydrogen) atoms. The second kappa shape index (κ2) is 5.27. The van der Waals surface area contributed by atoms with Gasteiger partial charge in [0.15, 0.2) is 0 Å². The lowest BCUT2D eigenvalue weighted by Crippen LogP contribution is -2.32. The Labute approximate surface area is 105 Å². The lowest BCUT2D eigenvalue weighted by Gasteiger charge is -2.12. The standard InChI is InChI=1S/C10H15BrN2O2S/c1-8-9(11)4-5-10(8)16(14,15)12-6-7-13(2)3/h4-5,12H,1,6-7H2,2-3H3. The molecule has 0 fully saturated rings. The van der Waals surface area contributed by atoms with E-state index in [0.717, 1.165) is 0 Å². The van der Waals surface area contributed by atoms with Gasteiger partial charge in [-0.3, -0.25) is 0 Å². The second-order valence-corrected chi connectivity index (χ2v) is 6.31. The van der Waals surface area contributed by atoms with Crippen molar-refractivity contribution in [1.82, 2.24) is 9.62 Å². The van der Waals surface area contributed by atoms with Crippen LogP contribution in [0.3, 0.4) is 0 Å². The molecule has 1 N–H and O–H groups in total. The zero-order valence-corrected chi connectivity index (χ0v) is 11.7. The Morgan fingerprint density at radius 1 is 1.44 bits per heavy atom. The van der Waals surface area contributed by atoms with E-state index in [0.29, 0.717) is 23.1 Å². The monoisotopic (exact) mass is 306 g/mol. The lowest BCUT2D eigenvalue weighted by molar-refractivity contribution is 0.413. The summed E-state index contributed by atoms with van der Waals surface area (Å²) in [6.07, 6.45) is 3.23. The molecular weight excluding hydrogens is 292 g/mol. The zero-order chi connectivity index (χ0) is 12.3. The molecule has 90 valence electrons. The van der Waals surface area contributed by atoms with Gasteiger partial charge < -0.3 is 4.90 Å². The highest BCUT2D eigenvalue weighted by Crippen LogP contribution is 2.31. The number of rotatable bonds is 5. The topological polar surface area (TPSA) is 49.4 Å². The third-order valence-corrected chi connectivity index (χ3v) is 4.40. The van der Waals surface area contributed by atoms with Gasteiger partial charge in [-0.25, -0.2) is 13.1 Å². The van der Waals surface area contributed by atoms with Gasteiger partial charge in [0.2, 0.25) is 10.0 Å². The molecule has 0 aromatic rings. The van der Waals surface area contributed by atoms with E-state index in [1.165, 1.54) is 0 Å². The van der Waals surface area contributed by atoms with Crippen LogP contribution < -0.4 is 4.72 Å². The Balaban J connectivity index is 2.64. The Morgan fingerprint density at radius 2 is 2.06 bits per heavy atom. The summed E-state index contributed by atoms with van der Waals surface area (Å²) in [5, 5.41) is 0. The number of halogens is 1. The molecule has 1 aliphatic rings. The number of likely N-dealkylation sites (N-methyl/N-ethyl adjacent to an activating group) is 1. The Bertz CT molecular complexity index is 449. The molecule has 0 bridgehead atoms. The molecule has 0 saturated heterocycles. The maximum atomic E-state index is 11.9. The van der Waals surface area contributed by atoms with E-state index in [-0.39, 0.29) is 4.91 Å². The van der Waals surface area contributed by atoms with Crippen molar-refractivity contribution in [2.24, 2.45) is 0 Å². The SMILES string of the molecule is C=C1C(Br)=CC=C1S(=O)(=O)NCCN(C)C. The van der Waals surface area contributed by atoms with E-state index < -0.39 is 10.0 Å². The average molecular weight is 307 g/mol. The van der Waals surface area contributed by atoms with Crippen molar-refractivity contribution in [3.63, 3.8) is 0 Å². The van der Waals surface area contributed by atoms with Crippen LogP contribution in [0.5, 0.6) is 0 Å². The summed E-state index contributed by atoms with van der Waals surface area (Å²) in [5.41, 5.74) is 0.498. The third-order valence-electron chi connectivity index (χ3n) is 2.11. The molecule has 1 rings (SSSR count). The van der Waals surface area contributed by atoms with Gasteiger partial charge in [0, 0.05) is 23.1 Å². The second-order valence-electron chi connectivity index (χ2n) is 3.73. The van der Waals surface area contributed by atoms with Crippen molar-refractivity contribution in [1.29, 1.82) is 0 Å². The molecule has 0 heterocycles. The average Bonchev–Trinajstić information content (AvgIpc) is 2.47. The van der Waals surface area contributed by atoms with Crippen LogP contribution in [0.1, 0.15) is 0 Å². The fourth-order valence-electron chi connectivity index (χ4n) is 1.20. The lowest BCUT2D eigenvalue weighted by atomic mass is 10.3. The van der Waals surface area contributed by atoms with Gasteiger partial charge in [-0.15, -0.1) is 0 Å². The summed E-state index contributed by atoms with van der Waals surface area (Å²) in [6.45, 7) is 4.76. The van der Waals surface area contributed by atoms with E-state index >= 15 is 0 Å². The van der Waals surface area contributed by atoms with Crippen molar-refractivity contribution in [3.8, 4) is 0 Å². The number of hydrogen-bond acceptors (Lipinski definition) is 3. The third kappa shape index (κ3) is 3.28. The number of allylic oxidation sites excluding steroid dienone is 4. The van der Waals surface area contributed by atoms with Crippen molar-refractivity contribution < 1.29 is 8.42 Å². The Kier molecular flexibility index (Phi) is 4.49. The van der Waals surface area contributed by atoms with Gasteiger partial charge in [0.25, 0.3) is 0 Å². The summed E-state index contributed by atoms with van der Waals surface area (Å²) in [5.74, 6) is 0. The first-order valence-corrected chi connectivity index (χ1v) is 7.04.